The Hall–Kier alpha value is -2.47. The standard InChI is InChI=1S/C22H28FN3O2/c1-15-21(16(2)25(3)24-15)12-20-11-19(23)14-26(20)13-18-7-5-17(6-8-18)9-10-22(27)28-4/h5-10,19-20H,11-14H2,1-4H3. The third-order valence-corrected chi connectivity index (χ3v) is 5.55. The van der Waals surface area contributed by atoms with E-state index >= 15 is 0 Å². The third kappa shape index (κ3) is 4.68. The zero-order valence-electron chi connectivity index (χ0n) is 17.0. The minimum Gasteiger partial charge on any atom is -0.466 e. The van der Waals surface area contributed by atoms with Gasteiger partial charge in [0.05, 0.1) is 12.8 Å². The van der Waals surface area contributed by atoms with E-state index in [9.17, 15) is 9.18 Å². The highest BCUT2D eigenvalue weighted by molar-refractivity contribution is 5.86. The molecule has 0 radical (unpaired) electrons. The van der Waals surface area contributed by atoms with Gasteiger partial charge in [-0.05, 0) is 49.5 Å². The summed E-state index contributed by atoms with van der Waals surface area (Å²) in [5.41, 5.74) is 5.48. The highest BCUT2D eigenvalue weighted by atomic mass is 19.1. The quantitative estimate of drug-likeness (QED) is 0.565. The third-order valence-electron chi connectivity index (χ3n) is 5.55. The van der Waals surface area contributed by atoms with Crippen LogP contribution in [-0.4, -0.2) is 46.5 Å². The van der Waals surface area contributed by atoms with Crippen molar-refractivity contribution in [3.8, 4) is 0 Å². The van der Waals surface area contributed by atoms with Crippen LogP contribution in [0.3, 0.4) is 0 Å². The molecule has 2 unspecified atom stereocenters. The molecule has 3 rings (SSSR count). The summed E-state index contributed by atoms with van der Waals surface area (Å²) in [6.45, 7) is 5.27. The molecule has 2 aromatic rings. The molecule has 5 nitrogen and oxygen atoms in total. The molecular weight excluding hydrogens is 357 g/mol. The lowest BCUT2D eigenvalue weighted by Gasteiger charge is -2.24. The molecule has 1 aliphatic heterocycles. The maximum absolute atomic E-state index is 14.2. The van der Waals surface area contributed by atoms with Crippen molar-refractivity contribution in [2.45, 2.75) is 45.4 Å². The zero-order valence-corrected chi connectivity index (χ0v) is 17.0. The Morgan fingerprint density at radius 2 is 2.04 bits per heavy atom. The molecule has 0 N–H and O–H groups in total. The van der Waals surface area contributed by atoms with Crippen molar-refractivity contribution in [2.75, 3.05) is 13.7 Å². The monoisotopic (exact) mass is 385 g/mol. The van der Waals surface area contributed by atoms with Crippen molar-refractivity contribution in [3.05, 3.63) is 58.4 Å². The average Bonchev–Trinajstić information content (AvgIpc) is 3.14. The molecule has 150 valence electrons. The van der Waals surface area contributed by atoms with Crippen LogP contribution in [0.4, 0.5) is 4.39 Å². The minimum absolute atomic E-state index is 0.176. The SMILES string of the molecule is COC(=O)C=Cc1ccc(CN2CC(F)CC2Cc2c(C)nn(C)c2C)cc1. The summed E-state index contributed by atoms with van der Waals surface area (Å²) in [6, 6.07) is 8.15. The maximum Gasteiger partial charge on any atom is 0.330 e. The summed E-state index contributed by atoms with van der Waals surface area (Å²) < 4.78 is 20.7. The number of hydrogen-bond acceptors (Lipinski definition) is 4. The first-order valence-electron chi connectivity index (χ1n) is 9.59. The Labute approximate surface area is 165 Å². The number of carbonyl (C=O) groups is 1. The van der Waals surface area contributed by atoms with E-state index in [0.717, 1.165) is 28.9 Å². The number of halogens is 1. The first-order chi connectivity index (χ1) is 13.4. The van der Waals surface area contributed by atoms with Gasteiger partial charge in [0.25, 0.3) is 0 Å². The van der Waals surface area contributed by atoms with E-state index < -0.39 is 6.17 Å². The summed E-state index contributed by atoms with van der Waals surface area (Å²) >= 11 is 0. The van der Waals surface area contributed by atoms with Crippen molar-refractivity contribution < 1.29 is 13.9 Å². The highest BCUT2D eigenvalue weighted by Gasteiger charge is 2.33. The number of hydrogen-bond donors (Lipinski definition) is 0. The maximum atomic E-state index is 14.2. The van der Waals surface area contributed by atoms with E-state index in [-0.39, 0.29) is 12.0 Å². The number of aromatic nitrogens is 2. The first kappa shape index (κ1) is 20.3. The van der Waals surface area contributed by atoms with Gasteiger partial charge >= 0.3 is 5.97 Å². The molecule has 1 saturated heterocycles. The van der Waals surface area contributed by atoms with E-state index in [4.69, 9.17) is 0 Å². The molecular formula is C22H28FN3O2. The van der Waals surface area contributed by atoms with Gasteiger partial charge in [-0.1, -0.05) is 24.3 Å². The van der Waals surface area contributed by atoms with E-state index in [1.807, 2.05) is 42.9 Å². The number of ether oxygens (including phenoxy) is 1. The lowest BCUT2D eigenvalue weighted by molar-refractivity contribution is -0.134. The molecule has 2 atom stereocenters. The van der Waals surface area contributed by atoms with Crippen molar-refractivity contribution >= 4 is 12.0 Å². The van der Waals surface area contributed by atoms with E-state index in [2.05, 4.69) is 21.7 Å². The largest absolute Gasteiger partial charge is 0.466 e. The number of esters is 1. The predicted octanol–water partition coefficient (Wildman–Crippen LogP) is 3.38. The van der Waals surface area contributed by atoms with Crippen molar-refractivity contribution in [2.24, 2.45) is 7.05 Å². The Morgan fingerprint density at radius 1 is 1.32 bits per heavy atom. The Bertz CT molecular complexity index is 857. The van der Waals surface area contributed by atoms with Gasteiger partial charge in [-0.2, -0.15) is 5.10 Å². The summed E-state index contributed by atoms with van der Waals surface area (Å²) in [5.74, 6) is -0.376. The van der Waals surface area contributed by atoms with Crippen LogP contribution in [0.25, 0.3) is 6.08 Å². The first-order valence-corrected chi connectivity index (χ1v) is 9.59. The molecule has 1 aliphatic rings. The Morgan fingerprint density at radius 3 is 2.64 bits per heavy atom. The van der Waals surface area contributed by atoms with Crippen LogP contribution in [0.1, 0.15) is 34.5 Å². The molecule has 0 amide bonds. The van der Waals surface area contributed by atoms with Gasteiger partial charge in [-0.3, -0.25) is 9.58 Å². The van der Waals surface area contributed by atoms with Gasteiger partial charge in [0.2, 0.25) is 0 Å². The number of carbonyl (C=O) groups excluding carboxylic acids is 1. The molecule has 0 saturated carbocycles. The van der Waals surface area contributed by atoms with Crippen LogP contribution in [0.5, 0.6) is 0 Å². The fraction of sp³-hybridized carbons (Fsp3) is 0.455. The van der Waals surface area contributed by atoms with Gasteiger partial charge in [0, 0.05) is 37.9 Å². The summed E-state index contributed by atoms with van der Waals surface area (Å²) in [7, 11) is 3.31. The van der Waals surface area contributed by atoms with Crippen LogP contribution in [0, 0.1) is 13.8 Å². The summed E-state index contributed by atoms with van der Waals surface area (Å²) in [4.78, 5) is 13.4. The summed E-state index contributed by atoms with van der Waals surface area (Å²) in [5, 5.41) is 4.49. The van der Waals surface area contributed by atoms with Gasteiger partial charge in [0.15, 0.2) is 0 Å². The number of methoxy groups -OCH3 is 1. The van der Waals surface area contributed by atoms with Crippen molar-refractivity contribution in [1.29, 1.82) is 0 Å². The number of benzene rings is 1. The van der Waals surface area contributed by atoms with Crippen LogP contribution in [-0.2, 0) is 29.5 Å². The van der Waals surface area contributed by atoms with Gasteiger partial charge in [0.1, 0.15) is 6.17 Å². The van der Waals surface area contributed by atoms with Crippen LogP contribution in [0.2, 0.25) is 0 Å². The normalized spacial score (nSPS) is 20.2. The predicted molar refractivity (Wildman–Crippen MR) is 108 cm³/mol. The molecule has 28 heavy (non-hydrogen) atoms. The van der Waals surface area contributed by atoms with Gasteiger partial charge < -0.3 is 4.74 Å². The molecule has 1 aromatic heterocycles. The Balaban J connectivity index is 1.68. The number of rotatable bonds is 6. The number of alkyl halides is 1. The van der Waals surface area contributed by atoms with Crippen molar-refractivity contribution in [3.63, 3.8) is 0 Å². The Kier molecular flexibility index (Phi) is 6.29. The van der Waals surface area contributed by atoms with Gasteiger partial charge in [-0.15, -0.1) is 0 Å². The smallest absolute Gasteiger partial charge is 0.330 e. The molecule has 2 heterocycles. The second-order valence-electron chi connectivity index (χ2n) is 7.49. The molecule has 0 bridgehead atoms. The minimum atomic E-state index is -0.787. The van der Waals surface area contributed by atoms with E-state index in [1.165, 1.54) is 18.7 Å². The summed E-state index contributed by atoms with van der Waals surface area (Å²) in [6.07, 6.45) is 3.72. The van der Waals surface area contributed by atoms with E-state index in [0.29, 0.717) is 19.5 Å². The lowest BCUT2D eigenvalue weighted by Crippen LogP contribution is -2.31. The topological polar surface area (TPSA) is 47.4 Å². The molecule has 0 spiro atoms. The fourth-order valence-corrected chi connectivity index (χ4v) is 3.88. The molecule has 6 heteroatoms. The van der Waals surface area contributed by atoms with Gasteiger partial charge in [-0.25, -0.2) is 9.18 Å². The lowest BCUT2D eigenvalue weighted by atomic mass is 10.0. The molecule has 1 fully saturated rings. The fourth-order valence-electron chi connectivity index (χ4n) is 3.88. The average molecular weight is 385 g/mol. The number of nitrogens with zero attached hydrogens (tertiary/aromatic N) is 3. The zero-order chi connectivity index (χ0) is 20.3. The molecule has 1 aromatic carbocycles. The second-order valence-corrected chi connectivity index (χ2v) is 7.49. The van der Waals surface area contributed by atoms with Crippen molar-refractivity contribution in [1.82, 2.24) is 14.7 Å². The number of aryl methyl sites for hydroxylation is 2. The number of likely N-dealkylation sites (tertiary alicyclic amines) is 1. The highest BCUT2D eigenvalue weighted by Crippen LogP contribution is 2.27. The van der Waals surface area contributed by atoms with Crippen LogP contribution in [0.15, 0.2) is 30.3 Å². The van der Waals surface area contributed by atoms with E-state index in [1.54, 1.807) is 6.08 Å². The van der Waals surface area contributed by atoms with Crippen LogP contribution >= 0.6 is 0 Å². The second kappa shape index (κ2) is 8.69. The molecule has 0 aliphatic carbocycles. The van der Waals surface area contributed by atoms with Crippen LogP contribution < -0.4 is 0 Å².